The molecule has 1 unspecified atom stereocenters. The third-order valence-electron chi connectivity index (χ3n) is 5.68. The Bertz CT molecular complexity index is 1090. The number of ether oxygens (including phenoxy) is 2. The lowest BCUT2D eigenvalue weighted by Gasteiger charge is -2.23. The number of hydrogen-bond donors (Lipinski definition) is 0. The van der Waals surface area contributed by atoms with Crippen LogP contribution in [0.5, 0.6) is 0 Å². The fourth-order valence-corrected chi connectivity index (χ4v) is 4.75. The smallest absolute Gasteiger partial charge is 0.460 e. The van der Waals surface area contributed by atoms with E-state index < -0.39 is 7.82 Å². The number of halogens is 4. The number of phosphoric acid groups is 1. The van der Waals surface area contributed by atoms with Gasteiger partial charge in [-0.15, -0.1) is 0 Å². The van der Waals surface area contributed by atoms with Gasteiger partial charge >= 0.3 is 13.8 Å². The lowest BCUT2D eigenvalue weighted by molar-refractivity contribution is -0.141. The molecule has 41 heavy (non-hydrogen) atoms. The first-order valence-corrected chi connectivity index (χ1v) is 16.0. The summed E-state index contributed by atoms with van der Waals surface area (Å²) >= 11 is 23.3. The molecule has 0 aliphatic heterocycles. The number of methoxy groups -OCH3 is 1. The second-order valence-electron chi connectivity index (χ2n) is 10.1. The Hall–Kier alpha value is -1.02. The van der Waals surface area contributed by atoms with Gasteiger partial charge < -0.3 is 14.0 Å². The van der Waals surface area contributed by atoms with E-state index in [1.54, 1.807) is 13.2 Å². The Morgan fingerprint density at radius 1 is 1.02 bits per heavy atom. The number of benzene rings is 1. The van der Waals surface area contributed by atoms with Crippen LogP contribution in [0.1, 0.15) is 72.8 Å². The molecule has 0 bridgehead atoms. The van der Waals surface area contributed by atoms with Gasteiger partial charge in [-0.3, -0.25) is 9.05 Å². The van der Waals surface area contributed by atoms with Crippen LogP contribution in [0.4, 0.5) is 0 Å². The Morgan fingerprint density at radius 3 is 2.12 bits per heavy atom. The van der Waals surface area contributed by atoms with Crippen LogP contribution in [0.3, 0.4) is 0 Å². The summed E-state index contributed by atoms with van der Waals surface area (Å²) in [6.07, 6.45) is 10.1. The Morgan fingerprint density at radius 2 is 1.61 bits per heavy atom. The van der Waals surface area contributed by atoms with E-state index >= 15 is 0 Å². The van der Waals surface area contributed by atoms with Crippen molar-refractivity contribution in [2.24, 2.45) is 5.92 Å². The number of phosphoric ester groups is 1. The number of allylic oxidation sites excluding steroid dienone is 3. The molecule has 0 fully saturated rings. The average Bonchev–Trinajstić information content (AvgIpc) is 2.89. The highest BCUT2D eigenvalue weighted by Gasteiger charge is 2.27. The Balaban J connectivity index is 0.000000788. The molecule has 234 valence electrons. The molecule has 12 heteroatoms. The fourth-order valence-electron chi connectivity index (χ4n) is 3.19. The van der Waals surface area contributed by atoms with Crippen molar-refractivity contribution < 1.29 is 32.4 Å². The molecule has 1 aromatic carbocycles. The molecule has 1 atom stereocenters. The summed E-state index contributed by atoms with van der Waals surface area (Å²) in [5.74, 6) is 0.351. The number of rotatable bonds is 15. The second kappa shape index (κ2) is 20.0. The molecular weight excluding hydrogens is 633 g/mol. The average molecular weight is 676 g/mol. The molecule has 7 nitrogen and oxygen atoms in total. The molecule has 0 N–H and O–H groups in total. The highest BCUT2D eigenvalue weighted by atomic mass is 35.5. The minimum atomic E-state index is -3.75. The number of carbonyl (C=O) groups excluding carboxylic acids is 1. The predicted molar refractivity (Wildman–Crippen MR) is 171 cm³/mol. The molecule has 0 saturated heterocycles. The van der Waals surface area contributed by atoms with Crippen molar-refractivity contribution in [2.45, 2.75) is 78.9 Å². The van der Waals surface area contributed by atoms with Crippen LogP contribution in [-0.4, -0.2) is 39.0 Å². The lowest BCUT2D eigenvalue weighted by Crippen LogP contribution is -2.22. The van der Waals surface area contributed by atoms with Crippen LogP contribution in [-0.2, 0) is 32.4 Å². The minimum absolute atomic E-state index is 0.0164. The minimum Gasteiger partial charge on any atom is -0.460 e. The third-order valence-corrected chi connectivity index (χ3v) is 8.22. The van der Waals surface area contributed by atoms with E-state index in [0.29, 0.717) is 11.5 Å². The Kier molecular flexibility index (Phi) is 19.5. The van der Waals surface area contributed by atoms with E-state index in [-0.39, 0.29) is 38.5 Å². The summed E-state index contributed by atoms with van der Waals surface area (Å²) in [5, 5.41) is 0.733. The Labute approximate surface area is 265 Å². The second-order valence-corrected chi connectivity index (χ2v) is 13.3. The molecule has 0 amide bonds. The summed E-state index contributed by atoms with van der Waals surface area (Å²) in [4.78, 5) is 11.5. The van der Waals surface area contributed by atoms with Gasteiger partial charge in [0.2, 0.25) is 0 Å². The van der Waals surface area contributed by atoms with Gasteiger partial charge in [-0.2, -0.15) is 0 Å². The van der Waals surface area contributed by atoms with Gasteiger partial charge in [0.25, 0.3) is 0 Å². The van der Waals surface area contributed by atoms with Crippen molar-refractivity contribution in [3.05, 3.63) is 62.1 Å². The van der Waals surface area contributed by atoms with Gasteiger partial charge in [0, 0.05) is 38.5 Å². The zero-order chi connectivity index (χ0) is 31.8. The van der Waals surface area contributed by atoms with Gasteiger partial charge in [-0.25, -0.2) is 9.36 Å². The molecule has 0 aliphatic rings. The molecule has 1 rings (SSSR count). The van der Waals surface area contributed by atoms with Crippen molar-refractivity contribution in [1.29, 1.82) is 0 Å². The van der Waals surface area contributed by atoms with Crippen molar-refractivity contribution in [3.63, 3.8) is 0 Å². The van der Waals surface area contributed by atoms with Gasteiger partial charge in [0.15, 0.2) is 5.76 Å². The van der Waals surface area contributed by atoms with E-state index in [1.165, 1.54) is 39.2 Å². The molecule has 0 spiro atoms. The molecule has 0 radical (unpaired) electrons. The van der Waals surface area contributed by atoms with Crippen molar-refractivity contribution in [3.8, 4) is 0 Å². The maximum atomic E-state index is 11.9. The molecule has 0 heterocycles. The van der Waals surface area contributed by atoms with Gasteiger partial charge in [-0.1, -0.05) is 78.3 Å². The predicted octanol–water partition coefficient (Wildman–Crippen LogP) is 10.7. The van der Waals surface area contributed by atoms with Crippen LogP contribution >= 0.6 is 54.2 Å². The highest BCUT2D eigenvalue weighted by molar-refractivity contribution is 7.48. The largest absolute Gasteiger partial charge is 0.529 e. The van der Waals surface area contributed by atoms with Crippen LogP contribution < -0.4 is 0 Å². The fraction of sp³-hybridized carbons (Fsp3) is 0.552. The number of esters is 1. The first kappa shape index (κ1) is 40.0. The van der Waals surface area contributed by atoms with E-state index in [9.17, 15) is 9.36 Å². The molecular formula is C29H43Cl4O7P. The summed E-state index contributed by atoms with van der Waals surface area (Å²) < 4.78 is 36.8. The van der Waals surface area contributed by atoms with Crippen LogP contribution in [0.15, 0.2) is 41.5 Å². The number of hydrogen-bond acceptors (Lipinski definition) is 7. The van der Waals surface area contributed by atoms with Crippen molar-refractivity contribution in [1.82, 2.24) is 0 Å². The summed E-state index contributed by atoms with van der Waals surface area (Å²) in [6, 6.07) is 2.84. The zero-order valence-corrected chi connectivity index (χ0v) is 29.2. The molecule has 0 aromatic heterocycles. The first-order valence-electron chi connectivity index (χ1n) is 13.0. The van der Waals surface area contributed by atoms with E-state index in [1.807, 2.05) is 26.8 Å². The maximum Gasteiger partial charge on any atom is 0.529 e. The van der Waals surface area contributed by atoms with E-state index in [0.717, 1.165) is 23.9 Å². The topological polar surface area (TPSA) is 80.3 Å². The standard InChI is InChI=1S/C19H34O3.C10H9Cl4O4P/c1-15(2)22-18(20)14-17(4)11-8-10-16(3)12-9-13-19(5,6)21-7;1-16-19(15,17-2)18-10(5-11)6-3-8(13)9(14)4-7(6)12/h8,11,14-16H,9-10,12-13H2,1-7H3;3-5H,1-2H3/b11-8+,17-14+;10-5-. The monoisotopic (exact) mass is 674 g/mol. The maximum absolute atomic E-state index is 11.9. The highest BCUT2D eigenvalue weighted by Crippen LogP contribution is 2.52. The van der Waals surface area contributed by atoms with E-state index in [4.69, 9.17) is 60.4 Å². The molecule has 0 aliphatic carbocycles. The van der Waals surface area contributed by atoms with Crippen molar-refractivity contribution in [2.75, 3.05) is 21.3 Å². The molecule has 1 aromatic rings. The van der Waals surface area contributed by atoms with Gasteiger partial charge in [0.1, 0.15) is 0 Å². The van der Waals surface area contributed by atoms with E-state index in [2.05, 4.69) is 35.9 Å². The van der Waals surface area contributed by atoms with Gasteiger partial charge in [-0.05, 0) is 71.1 Å². The summed E-state index contributed by atoms with van der Waals surface area (Å²) in [7, 11) is 0.362. The van der Waals surface area contributed by atoms with Crippen LogP contribution in [0.25, 0.3) is 5.76 Å². The quantitative estimate of drug-likeness (QED) is 0.0457. The summed E-state index contributed by atoms with van der Waals surface area (Å²) in [5.41, 5.74) is 2.25. The van der Waals surface area contributed by atoms with Crippen LogP contribution in [0, 0.1) is 5.92 Å². The first-order chi connectivity index (χ1) is 19.0. The van der Waals surface area contributed by atoms with Gasteiger partial charge in [0.05, 0.1) is 26.8 Å². The van der Waals surface area contributed by atoms with Crippen molar-refractivity contribution >= 4 is 66.0 Å². The third kappa shape index (κ3) is 17.0. The van der Waals surface area contributed by atoms with Crippen LogP contribution in [0.2, 0.25) is 15.1 Å². The molecule has 0 saturated carbocycles. The summed E-state index contributed by atoms with van der Waals surface area (Å²) in [6.45, 7) is 12.1. The lowest BCUT2D eigenvalue weighted by atomic mass is 9.95. The zero-order valence-electron chi connectivity index (χ0n) is 25.3. The number of carbonyl (C=O) groups is 1. The SMILES string of the molecule is COC(C)(C)CCCC(C)C/C=C/C(C)=C/C(=O)OC(C)C.COP(=O)(OC)O/C(=C\Cl)c1cc(Cl)c(Cl)cc1Cl. The normalized spacial score (nSPS) is 13.7.